The van der Waals surface area contributed by atoms with E-state index >= 15 is 0 Å². The predicted octanol–water partition coefficient (Wildman–Crippen LogP) is 2.12. The molecule has 0 radical (unpaired) electrons. The van der Waals surface area contributed by atoms with Gasteiger partial charge in [0.2, 0.25) is 0 Å². The molecular weight excluding hydrogens is 216 g/mol. The quantitative estimate of drug-likeness (QED) is 0.801. The average Bonchev–Trinajstić information content (AvgIpc) is 2.18. The Hall–Kier alpha value is -1.35. The molecule has 4 heteroatoms. The molecule has 0 saturated carbocycles. The van der Waals surface area contributed by atoms with Gasteiger partial charge in [0, 0.05) is 0 Å². The van der Waals surface area contributed by atoms with E-state index < -0.39 is 11.3 Å². The van der Waals surface area contributed by atoms with Gasteiger partial charge in [0.25, 0.3) is 0 Å². The summed E-state index contributed by atoms with van der Waals surface area (Å²) in [5.74, 6) is -1.05. The molecule has 0 aliphatic rings. The molecule has 0 fully saturated rings. The van der Waals surface area contributed by atoms with E-state index in [1.165, 1.54) is 19.1 Å². The summed E-state index contributed by atoms with van der Waals surface area (Å²) in [4.78, 5) is 21.5. The summed E-state index contributed by atoms with van der Waals surface area (Å²) in [5.41, 5.74) is 1.09. The first-order valence-corrected chi connectivity index (χ1v) is 4.91. The van der Waals surface area contributed by atoms with Crippen LogP contribution in [0.15, 0.2) is 24.3 Å². The van der Waals surface area contributed by atoms with Gasteiger partial charge in [0.15, 0.2) is 0 Å². The fourth-order valence-electron chi connectivity index (χ4n) is 1.13. The van der Waals surface area contributed by atoms with Crippen LogP contribution in [0.25, 0.3) is 0 Å². The molecule has 1 aromatic carbocycles. The summed E-state index contributed by atoms with van der Waals surface area (Å²) < 4.78 is 0. The first-order valence-electron chi connectivity index (χ1n) is 4.47. The number of hydrogen-bond donors (Lipinski definition) is 1. The Kier molecular flexibility index (Phi) is 3.86. The van der Waals surface area contributed by atoms with Crippen LogP contribution in [0, 0.1) is 0 Å². The number of Topliss-reactive ketones (excluding diaryl/α,β-unsaturated/α-hetero) is 1. The minimum atomic E-state index is -0.962. The summed E-state index contributed by atoms with van der Waals surface area (Å²) in [5, 5.41) is 8.12. The maximum absolute atomic E-state index is 10.9. The third kappa shape index (κ3) is 3.36. The highest BCUT2D eigenvalue weighted by molar-refractivity contribution is 6.30. The Morgan fingerprint density at radius 2 is 1.87 bits per heavy atom. The monoisotopic (exact) mass is 226 g/mol. The van der Waals surface area contributed by atoms with Crippen LogP contribution in [0.3, 0.4) is 0 Å². The highest BCUT2D eigenvalue weighted by Gasteiger charge is 2.11. The standard InChI is InChI=1S/C11H11ClO3/c1-7(13)10(12)6-8-2-4-9(5-3-8)11(14)15/h2-5,10H,6H2,1H3,(H,14,15). The number of alkyl halides is 1. The van der Waals surface area contributed by atoms with Crippen molar-refractivity contribution >= 4 is 23.4 Å². The Labute approximate surface area is 92.7 Å². The molecule has 3 nitrogen and oxygen atoms in total. The molecule has 1 unspecified atom stereocenters. The highest BCUT2D eigenvalue weighted by Crippen LogP contribution is 2.10. The minimum absolute atomic E-state index is 0.0843. The Morgan fingerprint density at radius 1 is 1.33 bits per heavy atom. The highest BCUT2D eigenvalue weighted by atomic mass is 35.5. The molecule has 0 aromatic heterocycles. The summed E-state index contributed by atoms with van der Waals surface area (Å²) in [6, 6.07) is 6.34. The Bertz CT molecular complexity index is 370. The predicted molar refractivity (Wildman–Crippen MR) is 57.4 cm³/mol. The van der Waals surface area contributed by atoms with Crippen molar-refractivity contribution in [3.05, 3.63) is 35.4 Å². The summed E-state index contributed by atoms with van der Waals surface area (Å²) in [7, 11) is 0. The zero-order valence-corrected chi connectivity index (χ0v) is 8.99. The number of carboxylic acid groups (broad SMARTS) is 1. The van der Waals surface area contributed by atoms with E-state index in [0.29, 0.717) is 6.42 Å². The number of carboxylic acids is 1. The van der Waals surface area contributed by atoms with Gasteiger partial charge in [0.1, 0.15) is 5.78 Å². The Morgan fingerprint density at radius 3 is 2.27 bits per heavy atom. The van der Waals surface area contributed by atoms with Crippen LogP contribution in [0.4, 0.5) is 0 Å². The fourth-order valence-corrected chi connectivity index (χ4v) is 1.31. The van der Waals surface area contributed by atoms with E-state index in [2.05, 4.69) is 0 Å². The SMILES string of the molecule is CC(=O)C(Cl)Cc1ccc(C(=O)O)cc1. The second kappa shape index (κ2) is 4.94. The van der Waals surface area contributed by atoms with Gasteiger partial charge in [-0.1, -0.05) is 12.1 Å². The van der Waals surface area contributed by atoms with Gasteiger partial charge in [-0.05, 0) is 31.0 Å². The maximum Gasteiger partial charge on any atom is 0.335 e. The molecule has 0 amide bonds. The summed E-state index contributed by atoms with van der Waals surface area (Å²) in [6.07, 6.45) is 0.427. The first kappa shape index (κ1) is 11.7. The fraction of sp³-hybridized carbons (Fsp3) is 0.273. The third-order valence-electron chi connectivity index (χ3n) is 2.06. The molecule has 1 atom stereocenters. The normalized spacial score (nSPS) is 12.1. The Balaban J connectivity index is 2.72. The first-order chi connectivity index (χ1) is 7.00. The van der Waals surface area contributed by atoms with Crippen molar-refractivity contribution in [1.82, 2.24) is 0 Å². The molecule has 15 heavy (non-hydrogen) atoms. The molecule has 0 saturated heterocycles. The van der Waals surface area contributed by atoms with Gasteiger partial charge >= 0.3 is 5.97 Å². The van der Waals surface area contributed by atoms with Crippen LogP contribution in [0.1, 0.15) is 22.8 Å². The lowest BCUT2D eigenvalue weighted by molar-refractivity contribution is -0.116. The molecule has 1 aromatic rings. The number of rotatable bonds is 4. The molecule has 0 aliphatic heterocycles. The molecule has 0 bridgehead atoms. The van der Waals surface area contributed by atoms with Gasteiger partial charge in [-0.25, -0.2) is 4.79 Å². The van der Waals surface area contributed by atoms with Crippen molar-refractivity contribution < 1.29 is 14.7 Å². The van der Waals surface area contributed by atoms with Crippen molar-refractivity contribution in [1.29, 1.82) is 0 Å². The lowest BCUT2D eigenvalue weighted by atomic mass is 10.1. The number of hydrogen-bond acceptors (Lipinski definition) is 2. The van der Waals surface area contributed by atoms with Gasteiger partial charge in [-0.2, -0.15) is 0 Å². The number of carbonyl (C=O) groups excluding carboxylic acids is 1. The lowest BCUT2D eigenvalue weighted by Crippen LogP contribution is -2.13. The number of halogens is 1. The minimum Gasteiger partial charge on any atom is -0.478 e. The van der Waals surface area contributed by atoms with Crippen LogP contribution in [0.2, 0.25) is 0 Å². The zero-order chi connectivity index (χ0) is 11.4. The molecule has 0 aliphatic carbocycles. The van der Waals surface area contributed by atoms with E-state index in [1.807, 2.05) is 0 Å². The molecule has 0 spiro atoms. The van der Waals surface area contributed by atoms with E-state index in [1.54, 1.807) is 12.1 Å². The summed E-state index contributed by atoms with van der Waals surface area (Å²) >= 11 is 5.79. The summed E-state index contributed by atoms with van der Waals surface area (Å²) in [6.45, 7) is 1.43. The van der Waals surface area contributed by atoms with Crippen LogP contribution in [-0.4, -0.2) is 22.2 Å². The van der Waals surface area contributed by atoms with Crippen molar-refractivity contribution in [2.24, 2.45) is 0 Å². The van der Waals surface area contributed by atoms with E-state index in [4.69, 9.17) is 16.7 Å². The third-order valence-corrected chi connectivity index (χ3v) is 2.52. The second-order valence-electron chi connectivity index (χ2n) is 3.28. The van der Waals surface area contributed by atoms with Gasteiger partial charge in [0.05, 0.1) is 10.9 Å². The molecule has 1 N–H and O–H groups in total. The lowest BCUT2D eigenvalue weighted by Gasteiger charge is -2.05. The molecular formula is C11H11ClO3. The van der Waals surface area contributed by atoms with E-state index in [-0.39, 0.29) is 11.3 Å². The second-order valence-corrected chi connectivity index (χ2v) is 3.81. The molecule has 0 heterocycles. The van der Waals surface area contributed by atoms with Crippen LogP contribution >= 0.6 is 11.6 Å². The van der Waals surface area contributed by atoms with Crippen molar-refractivity contribution in [3.63, 3.8) is 0 Å². The van der Waals surface area contributed by atoms with Crippen LogP contribution in [0.5, 0.6) is 0 Å². The molecule has 80 valence electrons. The van der Waals surface area contributed by atoms with E-state index in [9.17, 15) is 9.59 Å². The largest absolute Gasteiger partial charge is 0.478 e. The van der Waals surface area contributed by atoms with Gasteiger partial charge in [-0.15, -0.1) is 11.6 Å². The number of aromatic carboxylic acids is 1. The van der Waals surface area contributed by atoms with Gasteiger partial charge < -0.3 is 5.11 Å². The number of ketones is 1. The number of benzene rings is 1. The zero-order valence-electron chi connectivity index (χ0n) is 8.24. The van der Waals surface area contributed by atoms with Crippen molar-refractivity contribution in [2.75, 3.05) is 0 Å². The topological polar surface area (TPSA) is 54.4 Å². The molecule has 1 rings (SSSR count). The number of carbonyl (C=O) groups is 2. The van der Waals surface area contributed by atoms with E-state index in [0.717, 1.165) is 5.56 Å². The van der Waals surface area contributed by atoms with Crippen molar-refractivity contribution in [2.45, 2.75) is 18.7 Å². The van der Waals surface area contributed by atoms with Crippen LogP contribution < -0.4 is 0 Å². The van der Waals surface area contributed by atoms with Gasteiger partial charge in [-0.3, -0.25) is 4.79 Å². The van der Waals surface area contributed by atoms with Crippen molar-refractivity contribution in [3.8, 4) is 0 Å². The average molecular weight is 227 g/mol. The smallest absolute Gasteiger partial charge is 0.335 e. The van der Waals surface area contributed by atoms with Crippen LogP contribution in [-0.2, 0) is 11.2 Å². The maximum atomic E-state index is 10.9.